The number of thiophene rings is 1. The Balaban J connectivity index is 1.44. The summed E-state index contributed by atoms with van der Waals surface area (Å²) in [4.78, 5) is 36.8. The number of carbonyl (C=O) groups excluding carboxylic acids is 2. The number of benzene rings is 1. The Morgan fingerprint density at radius 3 is 2.51 bits per heavy atom. The first-order valence-corrected chi connectivity index (χ1v) is 17.1. The van der Waals surface area contributed by atoms with Crippen molar-refractivity contribution in [1.29, 1.82) is 0 Å². The van der Waals surface area contributed by atoms with Crippen molar-refractivity contribution in [3.05, 3.63) is 80.3 Å². The molecule has 6 rings (SSSR count). The summed E-state index contributed by atoms with van der Waals surface area (Å²) in [5.74, 6) is -1.76. The molecule has 0 spiro atoms. The summed E-state index contributed by atoms with van der Waals surface area (Å²) < 4.78 is 95.3. The van der Waals surface area contributed by atoms with Gasteiger partial charge in [-0.05, 0) is 48.6 Å². The number of nitrogens with zero attached hydrogens (tertiary/aromatic N) is 4. The van der Waals surface area contributed by atoms with Gasteiger partial charge in [0.1, 0.15) is 10.6 Å². The van der Waals surface area contributed by atoms with Crippen molar-refractivity contribution >= 4 is 34.8 Å². The first-order valence-electron chi connectivity index (χ1n) is 15.8. The minimum atomic E-state index is -4.87. The van der Waals surface area contributed by atoms with E-state index >= 15 is 0 Å². The molecule has 0 saturated carbocycles. The molecule has 5 heterocycles. The van der Waals surface area contributed by atoms with Crippen LogP contribution in [0.1, 0.15) is 51.2 Å². The third-order valence-electron chi connectivity index (χ3n) is 9.29. The molecule has 2 fully saturated rings. The number of piperidine rings is 1. The van der Waals surface area contributed by atoms with Crippen LogP contribution in [0.15, 0.2) is 48.1 Å². The second-order valence-corrected chi connectivity index (χ2v) is 13.7. The van der Waals surface area contributed by atoms with Crippen LogP contribution in [0, 0.1) is 0 Å². The van der Waals surface area contributed by atoms with Gasteiger partial charge in [0, 0.05) is 74.6 Å². The summed E-state index contributed by atoms with van der Waals surface area (Å²) in [6.45, 7) is 2.71. The molecule has 2 saturated heterocycles. The molecule has 16 heteroatoms. The van der Waals surface area contributed by atoms with Crippen molar-refractivity contribution in [1.82, 2.24) is 19.7 Å². The summed E-state index contributed by atoms with van der Waals surface area (Å²) in [6, 6.07) is 5.70. The van der Waals surface area contributed by atoms with E-state index in [1.807, 2.05) is 6.07 Å². The number of amides is 2. The molecule has 2 amide bonds. The summed E-state index contributed by atoms with van der Waals surface area (Å²) in [5.41, 5.74) is -2.02. The van der Waals surface area contributed by atoms with Gasteiger partial charge in [0.2, 0.25) is 5.60 Å². The van der Waals surface area contributed by atoms with E-state index in [9.17, 15) is 35.9 Å². The fraction of sp³-hybridized carbons (Fsp3) is 0.485. The fourth-order valence-corrected chi connectivity index (χ4v) is 7.79. The van der Waals surface area contributed by atoms with Crippen molar-refractivity contribution in [3.63, 3.8) is 0 Å². The molecule has 3 aromatic rings. The van der Waals surface area contributed by atoms with Crippen molar-refractivity contribution in [2.45, 2.75) is 56.2 Å². The number of pyridine rings is 1. The molecule has 0 aliphatic carbocycles. The van der Waals surface area contributed by atoms with Gasteiger partial charge < -0.3 is 19.3 Å². The Hall–Kier alpha value is -3.40. The summed E-state index contributed by atoms with van der Waals surface area (Å²) >= 11 is 6.60. The average molecular weight is 731 g/mol. The molecule has 2 atom stereocenters. The van der Waals surface area contributed by atoms with Gasteiger partial charge in [0.25, 0.3) is 11.8 Å². The number of halogens is 7. The Morgan fingerprint density at radius 1 is 1.02 bits per heavy atom. The van der Waals surface area contributed by atoms with E-state index in [1.165, 1.54) is 4.90 Å². The molecule has 2 aromatic heterocycles. The maximum Gasteiger partial charge on any atom is 0.425 e. The van der Waals surface area contributed by atoms with Crippen LogP contribution in [0.3, 0.4) is 0 Å². The second kappa shape index (κ2) is 14.1. The number of carbonyl (C=O) groups is 2. The number of aromatic nitrogens is 1. The molecule has 0 bridgehead atoms. The Kier molecular flexibility index (Phi) is 10.2. The fourth-order valence-electron chi connectivity index (χ4n) is 6.92. The van der Waals surface area contributed by atoms with Crippen molar-refractivity contribution in [2.75, 3.05) is 45.9 Å². The lowest BCUT2D eigenvalue weighted by molar-refractivity contribution is -0.160. The van der Waals surface area contributed by atoms with E-state index in [0.717, 1.165) is 41.0 Å². The Bertz CT molecular complexity index is 1680. The standard InChI is InChI=1S/C33H33ClF6N4O4S/c34-23-3-2-22-19-43(11-5-21(22)16-23)30(46)31(48-24-17-28(49-20-24)33(38,39)40)7-1-9-44(27(31)6-10-42-12-14-47-15-13-42)29(45)25-18-41-8-4-26(25)32(35,36)37/h2-4,8,16-18,20,27H,1,5-7,9-15,19H2/t27-,31-/m1/s1. The van der Waals surface area contributed by atoms with Crippen LogP contribution in [0.2, 0.25) is 5.02 Å². The molecule has 0 N–H and O–H groups in total. The number of fused-ring (bicyclic) bond motifs is 1. The molecular weight excluding hydrogens is 698 g/mol. The van der Waals surface area contributed by atoms with E-state index in [2.05, 4.69) is 9.88 Å². The number of hydrogen-bond donors (Lipinski definition) is 0. The second-order valence-electron chi connectivity index (χ2n) is 12.3. The van der Waals surface area contributed by atoms with Gasteiger partial charge >= 0.3 is 12.4 Å². The van der Waals surface area contributed by atoms with Crippen LogP contribution in [0.4, 0.5) is 26.3 Å². The highest BCUT2D eigenvalue weighted by Crippen LogP contribution is 2.43. The lowest BCUT2D eigenvalue weighted by Crippen LogP contribution is -2.68. The molecule has 1 aromatic carbocycles. The minimum Gasteiger partial charge on any atom is -0.474 e. The zero-order valence-corrected chi connectivity index (χ0v) is 27.7. The number of alkyl halides is 6. The molecular formula is C33H33ClF6N4O4S. The van der Waals surface area contributed by atoms with Gasteiger partial charge in [-0.15, -0.1) is 11.3 Å². The molecule has 3 aliphatic rings. The van der Waals surface area contributed by atoms with Gasteiger partial charge in [-0.3, -0.25) is 19.5 Å². The van der Waals surface area contributed by atoms with Crippen LogP contribution < -0.4 is 4.74 Å². The van der Waals surface area contributed by atoms with Gasteiger partial charge in [0.05, 0.1) is 30.4 Å². The van der Waals surface area contributed by atoms with Gasteiger partial charge in [-0.2, -0.15) is 26.3 Å². The van der Waals surface area contributed by atoms with Gasteiger partial charge in [-0.25, -0.2) is 0 Å². The maximum atomic E-state index is 14.9. The molecule has 0 radical (unpaired) electrons. The zero-order chi connectivity index (χ0) is 35.0. The molecule has 264 valence electrons. The van der Waals surface area contributed by atoms with Gasteiger partial charge in [0.15, 0.2) is 0 Å². The highest BCUT2D eigenvalue weighted by molar-refractivity contribution is 7.10. The molecule has 3 aliphatic heterocycles. The number of ether oxygens (including phenoxy) is 2. The van der Waals surface area contributed by atoms with Crippen LogP contribution in [-0.2, 0) is 34.8 Å². The molecule has 8 nitrogen and oxygen atoms in total. The predicted octanol–water partition coefficient (Wildman–Crippen LogP) is 6.56. The summed E-state index contributed by atoms with van der Waals surface area (Å²) in [5, 5.41) is 1.70. The summed E-state index contributed by atoms with van der Waals surface area (Å²) in [7, 11) is 0. The number of hydrogen-bond acceptors (Lipinski definition) is 7. The van der Waals surface area contributed by atoms with Gasteiger partial charge in [-0.1, -0.05) is 17.7 Å². The van der Waals surface area contributed by atoms with E-state index in [4.69, 9.17) is 21.1 Å². The van der Waals surface area contributed by atoms with E-state index < -0.39 is 51.8 Å². The smallest absolute Gasteiger partial charge is 0.425 e. The van der Waals surface area contributed by atoms with Crippen molar-refractivity contribution < 1.29 is 45.4 Å². The number of likely N-dealkylation sites (tertiary alicyclic amines) is 1. The van der Waals surface area contributed by atoms with Crippen molar-refractivity contribution in [3.8, 4) is 5.75 Å². The third-order valence-corrected chi connectivity index (χ3v) is 10.5. The van der Waals surface area contributed by atoms with Crippen LogP contribution in [-0.4, -0.2) is 89.1 Å². The lowest BCUT2D eigenvalue weighted by atomic mass is 9.79. The third kappa shape index (κ3) is 7.54. The first kappa shape index (κ1) is 35.4. The zero-order valence-electron chi connectivity index (χ0n) is 26.2. The SMILES string of the molecule is O=C(c1cnccc1C(F)(F)F)N1CCC[C@](Oc2csc(C(F)(F)F)c2)(C(=O)N2CCc3cc(Cl)ccc3C2)[C@H]1CCN1CCOCC1. The van der Waals surface area contributed by atoms with E-state index in [0.29, 0.717) is 55.6 Å². The maximum absolute atomic E-state index is 14.9. The van der Waals surface area contributed by atoms with E-state index in [-0.39, 0.29) is 44.6 Å². The monoisotopic (exact) mass is 730 g/mol. The molecule has 0 unspecified atom stereocenters. The van der Waals surface area contributed by atoms with Crippen LogP contribution in [0.5, 0.6) is 5.75 Å². The normalized spacial score (nSPS) is 22.1. The topological polar surface area (TPSA) is 75.2 Å². The number of morpholine rings is 1. The van der Waals surface area contributed by atoms with E-state index in [1.54, 1.807) is 17.0 Å². The average Bonchev–Trinajstić information content (AvgIpc) is 3.56. The van der Waals surface area contributed by atoms with Crippen molar-refractivity contribution in [2.24, 2.45) is 0 Å². The Morgan fingerprint density at radius 2 is 1.80 bits per heavy atom. The highest BCUT2D eigenvalue weighted by atomic mass is 35.5. The lowest BCUT2D eigenvalue weighted by Gasteiger charge is -2.50. The minimum absolute atomic E-state index is 0.00400. The molecule has 49 heavy (non-hydrogen) atoms. The largest absolute Gasteiger partial charge is 0.474 e. The Labute approximate surface area is 287 Å². The summed E-state index contributed by atoms with van der Waals surface area (Å²) in [6.07, 6.45) is -7.04. The number of rotatable bonds is 7. The quantitative estimate of drug-likeness (QED) is 0.257. The predicted molar refractivity (Wildman–Crippen MR) is 168 cm³/mol. The van der Waals surface area contributed by atoms with Crippen LogP contribution >= 0.6 is 22.9 Å². The first-order chi connectivity index (χ1) is 23.3. The van der Waals surface area contributed by atoms with Crippen LogP contribution in [0.25, 0.3) is 0 Å². The highest BCUT2D eigenvalue weighted by Gasteiger charge is 2.56.